The molecule has 0 aromatic carbocycles. The van der Waals surface area contributed by atoms with Crippen molar-refractivity contribution >= 4 is 0 Å². The normalized spacial score (nSPS) is 16.0. The molecule has 0 heterocycles. The van der Waals surface area contributed by atoms with Crippen molar-refractivity contribution in [3.05, 3.63) is 0 Å². The summed E-state index contributed by atoms with van der Waals surface area (Å²) in [6.07, 6.45) is 1.80. The van der Waals surface area contributed by atoms with Crippen LogP contribution in [0.5, 0.6) is 0 Å². The van der Waals surface area contributed by atoms with Crippen LogP contribution in [0.3, 0.4) is 0 Å². The van der Waals surface area contributed by atoms with Gasteiger partial charge in [0.1, 0.15) is 0 Å². The average molecular weight is 175 g/mol. The van der Waals surface area contributed by atoms with Gasteiger partial charge >= 0.3 is 0 Å². The zero-order valence-corrected chi connectivity index (χ0v) is 8.08. The molecule has 0 radical (unpaired) electrons. The van der Waals surface area contributed by atoms with Gasteiger partial charge in [-0.15, -0.1) is 0 Å². The van der Waals surface area contributed by atoms with Crippen LogP contribution in [0, 0.1) is 5.92 Å². The van der Waals surface area contributed by atoms with E-state index in [0.717, 1.165) is 6.54 Å². The average Bonchev–Trinajstić information content (AvgIpc) is 2.04. The summed E-state index contributed by atoms with van der Waals surface area (Å²) in [7, 11) is 0. The van der Waals surface area contributed by atoms with Gasteiger partial charge in [-0.25, -0.2) is 0 Å². The lowest BCUT2D eigenvalue weighted by molar-refractivity contribution is 0.0937. The van der Waals surface area contributed by atoms with Crippen molar-refractivity contribution in [2.45, 2.75) is 32.8 Å². The van der Waals surface area contributed by atoms with E-state index in [1.54, 1.807) is 0 Å². The highest BCUT2D eigenvalue weighted by molar-refractivity contribution is 4.60. The molecule has 0 saturated carbocycles. The van der Waals surface area contributed by atoms with E-state index in [1.807, 2.05) is 0 Å². The molecule has 0 aliphatic heterocycles. The standard InChI is InChI=1S/C9H21NO2/c1-3-4-8(2)5-10-6-9(12)7-11/h8-12H,3-7H2,1-2H3. The fourth-order valence-electron chi connectivity index (χ4n) is 1.16. The van der Waals surface area contributed by atoms with E-state index in [2.05, 4.69) is 19.2 Å². The largest absolute Gasteiger partial charge is 0.394 e. The van der Waals surface area contributed by atoms with E-state index < -0.39 is 6.10 Å². The van der Waals surface area contributed by atoms with Gasteiger partial charge in [0.25, 0.3) is 0 Å². The lowest BCUT2D eigenvalue weighted by Crippen LogP contribution is -2.32. The first kappa shape index (κ1) is 11.9. The monoisotopic (exact) mass is 175 g/mol. The van der Waals surface area contributed by atoms with Crippen LogP contribution in [0.25, 0.3) is 0 Å². The highest BCUT2D eigenvalue weighted by Gasteiger charge is 2.03. The maximum absolute atomic E-state index is 8.99. The van der Waals surface area contributed by atoms with Crippen molar-refractivity contribution < 1.29 is 10.2 Å². The first-order chi connectivity index (χ1) is 5.70. The zero-order valence-electron chi connectivity index (χ0n) is 8.08. The van der Waals surface area contributed by atoms with Crippen molar-refractivity contribution in [2.24, 2.45) is 5.92 Å². The molecule has 0 rings (SSSR count). The molecule has 0 aromatic rings. The minimum absolute atomic E-state index is 0.158. The van der Waals surface area contributed by atoms with Crippen LogP contribution in [0.2, 0.25) is 0 Å². The molecular formula is C9H21NO2. The molecule has 0 aromatic heterocycles. The summed E-state index contributed by atoms with van der Waals surface area (Å²) in [5, 5.41) is 20.6. The molecule has 0 aliphatic carbocycles. The fraction of sp³-hybridized carbons (Fsp3) is 1.00. The Morgan fingerprint density at radius 2 is 2.00 bits per heavy atom. The van der Waals surface area contributed by atoms with Crippen LogP contribution in [-0.2, 0) is 0 Å². The van der Waals surface area contributed by atoms with Gasteiger partial charge in [0, 0.05) is 6.54 Å². The highest BCUT2D eigenvalue weighted by atomic mass is 16.3. The summed E-state index contributed by atoms with van der Waals surface area (Å²) >= 11 is 0. The summed E-state index contributed by atoms with van der Waals surface area (Å²) < 4.78 is 0. The summed E-state index contributed by atoms with van der Waals surface area (Å²) in [5.74, 6) is 0.654. The van der Waals surface area contributed by atoms with Crippen LogP contribution in [0.1, 0.15) is 26.7 Å². The lowest BCUT2D eigenvalue weighted by atomic mass is 10.1. The second kappa shape index (κ2) is 7.53. The topological polar surface area (TPSA) is 52.5 Å². The Morgan fingerprint density at radius 3 is 2.50 bits per heavy atom. The number of aliphatic hydroxyl groups excluding tert-OH is 2. The Hall–Kier alpha value is -0.120. The third-order valence-corrected chi connectivity index (χ3v) is 1.86. The van der Waals surface area contributed by atoms with Crippen molar-refractivity contribution in [2.75, 3.05) is 19.7 Å². The van der Waals surface area contributed by atoms with E-state index in [0.29, 0.717) is 12.5 Å². The SMILES string of the molecule is CCCC(C)CNCC(O)CO. The summed E-state index contributed by atoms with van der Waals surface area (Å²) in [4.78, 5) is 0. The molecule has 0 saturated heterocycles. The van der Waals surface area contributed by atoms with Crippen LogP contribution in [-0.4, -0.2) is 36.0 Å². The van der Waals surface area contributed by atoms with Gasteiger partial charge in [-0.1, -0.05) is 20.3 Å². The van der Waals surface area contributed by atoms with Gasteiger partial charge in [0.2, 0.25) is 0 Å². The number of hydrogen-bond donors (Lipinski definition) is 3. The lowest BCUT2D eigenvalue weighted by Gasteiger charge is -2.13. The van der Waals surface area contributed by atoms with E-state index in [9.17, 15) is 0 Å². The maximum atomic E-state index is 8.99. The third kappa shape index (κ3) is 6.58. The molecule has 0 fully saturated rings. The smallest absolute Gasteiger partial charge is 0.0894 e. The van der Waals surface area contributed by atoms with Crippen molar-refractivity contribution in [3.63, 3.8) is 0 Å². The van der Waals surface area contributed by atoms with Crippen LogP contribution < -0.4 is 5.32 Å². The Balaban J connectivity index is 3.18. The molecule has 3 N–H and O–H groups in total. The minimum Gasteiger partial charge on any atom is -0.394 e. The third-order valence-electron chi connectivity index (χ3n) is 1.86. The predicted molar refractivity (Wildman–Crippen MR) is 50.0 cm³/mol. The molecule has 74 valence electrons. The van der Waals surface area contributed by atoms with Crippen molar-refractivity contribution in [1.29, 1.82) is 0 Å². The van der Waals surface area contributed by atoms with E-state index in [-0.39, 0.29) is 6.61 Å². The maximum Gasteiger partial charge on any atom is 0.0894 e. The molecule has 0 aliphatic rings. The second-order valence-electron chi connectivity index (χ2n) is 3.39. The van der Waals surface area contributed by atoms with Crippen LogP contribution >= 0.6 is 0 Å². The molecule has 3 heteroatoms. The Kier molecular flexibility index (Phi) is 7.45. The first-order valence-electron chi connectivity index (χ1n) is 4.70. The second-order valence-corrected chi connectivity index (χ2v) is 3.39. The first-order valence-corrected chi connectivity index (χ1v) is 4.70. The summed E-state index contributed by atoms with van der Waals surface area (Å²) in [5.41, 5.74) is 0. The van der Waals surface area contributed by atoms with E-state index >= 15 is 0 Å². The Labute approximate surface area is 74.8 Å². The minimum atomic E-state index is -0.612. The fourth-order valence-corrected chi connectivity index (χ4v) is 1.16. The molecular weight excluding hydrogens is 154 g/mol. The number of hydrogen-bond acceptors (Lipinski definition) is 3. The van der Waals surface area contributed by atoms with Gasteiger partial charge in [-0.05, 0) is 18.9 Å². The highest BCUT2D eigenvalue weighted by Crippen LogP contribution is 2.02. The molecule has 2 unspecified atom stereocenters. The van der Waals surface area contributed by atoms with E-state index in [1.165, 1.54) is 12.8 Å². The number of nitrogens with one attached hydrogen (secondary N) is 1. The molecule has 12 heavy (non-hydrogen) atoms. The molecule has 0 spiro atoms. The van der Waals surface area contributed by atoms with Crippen molar-refractivity contribution in [3.8, 4) is 0 Å². The number of rotatable bonds is 7. The Morgan fingerprint density at radius 1 is 1.33 bits per heavy atom. The predicted octanol–water partition coefficient (Wildman–Crippen LogP) is 0.365. The van der Waals surface area contributed by atoms with Gasteiger partial charge in [-0.3, -0.25) is 0 Å². The van der Waals surface area contributed by atoms with Crippen LogP contribution in [0.4, 0.5) is 0 Å². The van der Waals surface area contributed by atoms with Gasteiger partial charge in [0.15, 0.2) is 0 Å². The Bertz CT molecular complexity index is 98.5. The van der Waals surface area contributed by atoms with Crippen molar-refractivity contribution in [1.82, 2.24) is 5.32 Å². The van der Waals surface area contributed by atoms with E-state index in [4.69, 9.17) is 10.2 Å². The molecule has 2 atom stereocenters. The molecule has 3 nitrogen and oxygen atoms in total. The zero-order chi connectivity index (χ0) is 9.40. The summed E-state index contributed by atoms with van der Waals surface area (Å²) in [6.45, 7) is 5.60. The van der Waals surface area contributed by atoms with Gasteiger partial charge in [0.05, 0.1) is 12.7 Å². The quantitative estimate of drug-likeness (QED) is 0.524. The molecule has 0 amide bonds. The van der Waals surface area contributed by atoms with Gasteiger partial charge < -0.3 is 15.5 Å². The molecule has 0 bridgehead atoms. The van der Waals surface area contributed by atoms with Gasteiger partial charge in [-0.2, -0.15) is 0 Å². The van der Waals surface area contributed by atoms with Crippen LogP contribution in [0.15, 0.2) is 0 Å². The summed E-state index contributed by atoms with van der Waals surface area (Å²) in [6, 6.07) is 0. The number of aliphatic hydroxyl groups is 2.